The van der Waals surface area contributed by atoms with Crippen molar-refractivity contribution in [2.45, 2.75) is 25.7 Å². The Morgan fingerprint density at radius 1 is 1.16 bits per heavy atom. The predicted molar refractivity (Wildman–Crippen MR) is 74.7 cm³/mol. The third kappa shape index (κ3) is 3.08. The Balaban J connectivity index is 2.32. The van der Waals surface area contributed by atoms with Gasteiger partial charge in [0.2, 0.25) is 0 Å². The van der Waals surface area contributed by atoms with Crippen molar-refractivity contribution in [3.63, 3.8) is 0 Å². The van der Waals surface area contributed by atoms with Crippen LogP contribution in [0.3, 0.4) is 0 Å². The number of carbonyl (C=O) groups excluding carboxylic acids is 1. The van der Waals surface area contributed by atoms with Gasteiger partial charge in [-0.1, -0.05) is 42.0 Å². The first-order valence-electron chi connectivity index (χ1n) is 6.31. The summed E-state index contributed by atoms with van der Waals surface area (Å²) in [7, 11) is 0. The number of aldehydes is 1. The van der Waals surface area contributed by atoms with E-state index in [1.165, 1.54) is 17.7 Å². The highest BCUT2D eigenvalue weighted by atomic mass is 19.1. The van der Waals surface area contributed by atoms with E-state index in [4.69, 9.17) is 0 Å². The summed E-state index contributed by atoms with van der Waals surface area (Å²) in [6.07, 6.45) is 1.56. The maximum absolute atomic E-state index is 13.0. The van der Waals surface area contributed by atoms with E-state index in [0.29, 0.717) is 6.42 Å². The molecule has 0 bridgehead atoms. The minimum atomic E-state index is -0.624. The van der Waals surface area contributed by atoms with Crippen LogP contribution in [0, 0.1) is 12.7 Å². The molecular weight excluding hydrogens is 239 g/mol. The van der Waals surface area contributed by atoms with Gasteiger partial charge in [0.25, 0.3) is 0 Å². The lowest BCUT2D eigenvalue weighted by atomic mass is 9.78. The topological polar surface area (TPSA) is 17.1 Å². The van der Waals surface area contributed by atoms with Crippen molar-refractivity contribution in [3.05, 3.63) is 71.0 Å². The smallest absolute Gasteiger partial charge is 0.130 e. The molecule has 0 aromatic heterocycles. The molecular formula is C17H17FO. The molecule has 2 rings (SSSR count). The second-order valence-corrected chi connectivity index (χ2v) is 5.21. The molecule has 0 N–H and O–H groups in total. The van der Waals surface area contributed by atoms with Gasteiger partial charge in [0.15, 0.2) is 0 Å². The summed E-state index contributed by atoms with van der Waals surface area (Å²) < 4.78 is 13.0. The summed E-state index contributed by atoms with van der Waals surface area (Å²) in [5, 5.41) is 0. The Hall–Kier alpha value is -1.96. The van der Waals surface area contributed by atoms with Gasteiger partial charge in [-0.2, -0.15) is 0 Å². The van der Waals surface area contributed by atoms with Crippen molar-refractivity contribution in [2.24, 2.45) is 0 Å². The van der Waals surface area contributed by atoms with Gasteiger partial charge < -0.3 is 4.79 Å². The lowest BCUT2D eigenvalue weighted by molar-refractivity contribution is -0.112. The highest BCUT2D eigenvalue weighted by Gasteiger charge is 2.26. The van der Waals surface area contributed by atoms with Gasteiger partial charge in [-0.3, -0.25) is 0 Å². The average molecular weight is 256 g/mol. The summed E-state index contributed by atoms with van der Waals surface area (Å²) in [5.74, 6) is -0.285. The van der Waals surface area contributed by atoms with Crippen molar-refractivity contribution in [2.75, 3.05) is 0 Å². The van der Waals surface area contributed by atoms with Crippen molar-refractivity contribution in [1.82, 2.24) is 0 Å². The van der Waals surface area contributed by atoms with Gasteiger partial charge in [-0.05, 0) is 43.5 Å². The molecule has 1 atom stereocenters. The van der Waals surface area contributed by atoms with E-state index in [-0.39, 0.29) is 5.82 Å². The van der Waals surface area contributed by atoms with Gasteiger partial charge >= 0.3 is 0 Å². The molecule has 0 radical (unpaired) electrons. The maximum Gasteiger partial charge on any atom is 0.130 e. The Labute approximate surface area is 113 Å². The van der Waals surface area contributed by atoms with Crippen LogP contribution in [0.25, 0.3) is 0 Å². The molecule has 0 fully saturated rings. The van der Waals surface area contributed by atoms with Gasteiger partial charge in [0.05, 0.1) is 5.41 Å². The first-order chi connectivity index (χ1) is 9.03. The summed E-state index contributed by atoms with van der Waals surface area (Å²) in [6, 6.07) is 14.3. The number of hydrogen-bond acceptors (Lipinski definition) is 1. The normalized spacial score (nSPS) is 13.8. The SMILES string of the molecule is Cc1cccc(CC(C)(C=O)c2ccc(F)cc2)c1. The molecule has 2 aromatic rings. The minimum Gasteiger partial charge on any atom is -0.302 e. The van der Waals surface area contributed by atoms with E-state index < -0.39 is 5.41 Å². The third-order valence-electron chi connectivity index (χ3n) is 3.42. The third-order valence-corrected chi connectivity index (χ3v) is 3.42. The molecule has 0 aliphatic carbocycles. The molecule has 0 heterocycles. The van der Waals surface area contributed by atoms with Crippen LogP contribution < -0.4 is 0 Å². The van der Waals surface area contributed by atoms with Crippen molar-refractivity contribution >= 4 is 6.29 Å². The number of rotatable bonds is 4. The molecule has 0 amide bonds. The average Bonchev–Trinajstić information content (AvgIpc) is 2.39. The molecule has 0 spiro atoms. The van der Waals surface area contributed by atoms with Crippen LogP contribution in [-0.4, -0.2) is 6.29 Å². The predicted octanol–water partition coefficient (Wildman–Crippen LogP) is 3.83. The second kappa shape index (κ2) is 5.35. The molecule has 1 unspecified atom stereocenters. The Kier molecular flexibility index (Phi) is 3.79. The van der Waals surface area contributed by atoms with Crippen molar-refractivity contribution in [3.8, 4) is 0 Å². The number of halogens is 1. The van der Waals surface area contributed by atoms with E-state index >= 15 is 0 Å². The number of benzene rings is 2. The molecule has 0 saturated carbocycles. The molecule has 1 nitrogen and oxygen atoms in total. The monoisotopic (exact) mass is 256 g/mol. The van der Waals surface area contributed by atoms with E-state index in [0.717, 1.165) is 17.4 Å². The first-order valence-corrected chi connectivity index (χ1v) is 6.31. The lowest BCUT2D eigenvalue weighted by Crippen LogP contribution is -2.26. The van der Waals surface area contributed by atoms with Crippen LogP contribution in [0.4, 0.5) is 4.39 Å². The van der Waals surface area contributed by atoms with Gasteiger partial charge in [-0.25, -0.2) is 4.39 Å². The van der Waals surface area contributed by atoms with E-state index in [9.17, 15) is 9.18 Å². The molecule has 0 saturated heterocycles. The zero-order valence-electron chi connectivity index (χ0n) is 11.2. The molecule has 98 valence electrons. The van der Waals surface area contributed by atoms with E-state index in [1.807, 2.05) is 32.0 Å². The maximum atomic E-state index is 13.0. The van der Waals surface area contributed by atoms with Crippen molar-refractivity contribution < 1.29 is 9.18 Å². The van der Waals surface area contributed by atoms with Crippen LogP contribution in [-0.2, 0) is 16.6 Å². The molecule has 0 aliphatic rings. The zero-order valence-corrected chi connectivity index (χ0v) is 11.2. The fourth-order valence-electron chi connectivity index (χ4n) is 2.29. The Bertz CT molecular complexity index is 574. The second-order valence-electron chi connectivity index (χ2n) is 5.21. The van der Waals surface area contributed by atoms with Crippen molar-refractivity contribution in [1.29, 1.82) is 0 Å². The van der Waals surface area contributed by atoms with Crippen LogP contribution in [0.5, 0.6) is 0 Å². The summed E-state index contributed by atoms with van der Waals surface area (Å²) in [4.78, 5) is 11.5. The zero-order chi connectivity index (χ0) is 13.9. The standard InChI is InChI=1S/C17H17FO/c1-13-4-3-5-14(10-13)11-17(2,12-19)15-6-8-16(18)9-7-15/h3-10,12H,11H2,1-2H3. The highest BCUT2D eigenvalue weighted by molar-refractivity contribution is 5.68. The Morgan fingerprint density at radius 3 is 2.42 bits per heavy atom. The number of hydrogen-bond donors (Lipinski definition) is 0. The molecule has 2 aromatic carbocycles. The number of aryl methyl sites for hydroxylation is 1. The molecule has 19 heavy (non-hydrogen) atoms. The van der Waals surface area contributed by atoms with Crippen LogP contribution in [0.15, 0.2) is 48.5 Å². The van der Waals surface area contributed by atoms with Crippen LogP contribution >= 0.6 is 0 Å². The van der Waals surface area contributed by atoms with Gasteiger partial charge in [0.1, 0.15) is 12.1 Å². The Morgan fingerprint density at radius 2 is 1.84 bits per heavy atom. The molecule has 2 heteroatoms. The largest absolute Gasteiger partial charge is 0.302 e. The van der Waals surface area contributed by atoms with Gasteiger partial charge in [0, 0.05) is 0 Å². The lowest BCUT2D eigenvalue weighted by Gasteiger charge is -2.24. The molecule has 0 aliphatic heterocycles. The first kappa shape index (κ1) is 13.5. The highest BCUT2D eigenvalue weighted by Crippen LogP contribution is 2.26. The summed E-state index contributed by atoms with van der Waals surface area (Å²) in [5.41, 5.74) is 2.50. The fourth-order valence-corrected chi connectivity index (χ4v) is 2.29. The fraction of sp³-hybridized carbons (Fsp3) is 0.235. The van der Waals surface area contributed by atoms with E-state index in [2.05, 4.69) is 6.07 Å². The van der Waals surface area contributed by atoms with Gasteiger partial charge in [-0.15, -0.1) is 0 Å². The minimum absolute atomic E-state index is 0.285. The van der Waals surface area contributed by atoms with E-state index in [1.54, 1.807) is 12.1 Å². The van der Waals surface area contributed by atoms with Crippen LogP contribution in [0.1, 0.15) is 23.6 Å². The summed E-state index contributed by atoms with van der Waals surface area (Å²) >= 11 is 0. The summed E-state index contributed by atoms with van der Waals surface area (Å²) in [6.45, 7) is 3.91. The number of carbonyl (C=O) groups is 1. The quantitative estimate of drug-likeness (QED) is 0.760. The van der Waals surface area contributed by atoms with Crippen LogP contribution in [0.2, 0.25) is 0 Å².